The largest absolute Gasteiger partial charge is 0.470 e. The summed E-state index contributed by atoms with van der Waals surface area (Å²) in [6.45, 7) is 1.51. The summed E-state index contributed by atoms with van der Waals surface area (Å²) < 4.78 is 54.9. The molecule has 2 atom stereocenters. The van der Waals surface area contributed by atoms with Gasteiger partial charge in [0, 0.05) is 17.4 Å². The number of thioether (sulfide) groups is 1. The minimum Gasteiger partial charge on any atom is -0.470 e. The third kappa shape index (κ3) is 4.28. The second-order valence-corrected chi connectivity index (χ2v) is 10.4. The van der Waals surface area contributed by atoms with Crippen molar-refractivity contribution >= 4 is 39.5 Å². The second kappa shape index (κ2) is 9.44. The van der Waals surface area contributed by atoms with Crippen LogP contribution in [0.3, 0.4) is 0 Å². The van der Waals surface area contributed by atoms with E-state index >= 15 is 13.2 Å². The number of hydrogen-bond donors (Lipinski definition) is 3. The van der Waals surface area contributed by atoms with Crippen molar-refractivity contribution in [3.63, 3.8) is 0 Å². The zero-order valence-corrected chi connectivity index (χ0v) is 21.0. The molecular formula is C24H22F3N7O3S. The smallest absolute Gasteiger partial charge is 0.293 e. The second-order valence-electron chi connectivity index (χ2n) is 8.91. The number of hydrogen-bond acceptors (Lipinski definition) is 11. The van der Waals surface area contributed by atoms with Crippen LogP contribution in [-0.2, 0) is 12.1 Å². The Balaban J connectivity index is 1.47. The maximum atomic E-state index is 15.7. The molecule has 3 aromatic heterocycles. The molecule has 0 radical (unpaired) electrons. The molecule has 1 aliphatic heterocycles. The van der Waals surface area contributed by atoms with Gasteiger partial charge in [-0.05, 0) is 38.1 Å². The molecular weight excluding hydrogens is 523 g/mol. The Hall–Kier alpha value is -3.91. The van der Waals surface area contributed by atoms with Gasteiger partial charge in [0.1, 0.15) is 34.6 Å². The van der Waals surface area contributed by atoms with Crippen LogP contribution in [0.5, 0.6) is 5.88 Å². The molecule has 1 aromatic carbocycles. The van der Waals surface area contributed by atoms with Crippen LogP contribution in [-0.4, -0.2) is 47.5 Å². The van der Waals surface area contributed by atoms with Crippen LogP contribution in [0.15, 0.2) is 58.7 Å². The van der Waals surface area contributed by atoms with Crippen LogP contribution in [0.25, 0.3) is 11.0 Å². The number of rotatable bonds is 7. The first-order valence-electron chi connectivity index (χ1n) is 11.3. The molecule has 0 spiro atoms. The van der Waals surface area contributed by atoms with E-state index in [1.54, 1.807) is 6.07 Å². The van der Waals surface area contributed by atoms with Gasteiger partial charge in [-0.25, -0.2) is 38.1 Å². The van der Waals surface area contributed by atoms with Gasteiger partial charge in [0.15, 0.2) is 22.9 Å². The number of nitrogens with two attached hydrogens (primary N) is 1. The molecule has 0 aliphatic carbocycles. The van der Waals surface area contributed by atoms with E-state index in [0.717, 1.165) is 13.0 Å². The van der Waals surface area contributed by atoms with Crippen molar-refractivity contribution in [2.45, 2.75) is 36.7 Å². The highest BCUT2D eigenvalue weighted by molar-refractivity contribution is 8.15. The molecule has 38 heavy (non-hydrogen) atoms. The summed E-state index contributed by atoms with van der Waals surface area (Å²) in [5.41, 5.74) is 4.71. The summed E-state index contributed by atoms with van der Waals surface area (Å²) in [7, 11) is 0. The van der Waals surface area contributed by atoms with E-state index in [9.17, 15) is 5.11 Å². The fraction of sp³-hybridized carbons (Fsp3) is 0.292. The standard InChI is InChI=1S/C24H22F3N7O3S/c1-22(11-35)24(26,27)23(2,34-21(28)38-22)15-7-13(3-4-16(15)25)32-20-19-17(5-6-29-20)33-18(8-30-19)37-10-14-9-36-12-31-14/h3-9,12,35H,10-11H2,1-2H3,(H2,28,34)(H,29,32)/t22-,23+/m0/s1. The van der Waals surface area contributed by atoms with Gasteiger partial charge < -0.3 is 25.3 Å². The number of pyridine rings is 1. The number of aromatic nitrogens is 4. The summed E-state index contributed by atoms with van der Waals surface area (Å²) in [4.78, 5) is 21.0. The Kier molecular flexibility index (Phi) is 6.39. The van der Waals surface area contributed by atoms with E-state index in [4.69, 9.17) is 14.9 Å². The van der Waals surface area contributed by atoms with Gasteiger partial charge in [0.2, 0.25) is 5.88 Å². The van der Waals surface area contributed by atoms with Gasteiger partial charge >= 0.3 is 0 Å². The lowest BCUT2D eigenvalue weighted by atomic mass is 9.79. The van der Waals surface area contributed by atoms with Crippen LogP contribution >= 0.6 is 11.8 Å². The number of halogens is 3. The first-order valence-corrected chi connectivity index (χ1v) is 12.1. The number of alkyl halides is 2. The summed E-state index contributed by atoms with van der Waals surface area (Å²) in [6.07, 6.45) is 5.62. The number of nitrogens with one attached hydrogen (secondary N) is 1. The van der Waals surface area contributed by atoms with E-state index in [-0.39, 0.29) is 29.2 Å². The zero-order chi connectivity index (χ0) is 27.1. The number of amidine groups is 1. The maximum absolute atomic E-state index is 15.7. The first kappa shape index (κ1) is 25.7. The van der Waals surface area contributed by atoms with E-state index in [1.807, 2.05) is 0 Å². The highest BCUT2D eigenvalue weighted by atomic mass is 32.2. The number of ether oxygens (including phenoxy) is 1. The molecule has 198 valence electrons. The van der Waals surface area contributed by atoms with Crippen LogP contribution in [0, 0.1) is 5.82 Å². The zero-order valence-electron chi connectivity index (χ0n) is 20.2. The number of aliphatic hydroxyl groups excluding tert-OH is 1. The quantitative estimate of drug-likeness (QED) is 0.310. The summed E-state index contributed by atoms with van der Waals surface area (Å²) in [6, 6.07) is 5.27. The molecule has 0 saturated heterocycles. The van der Waals surface area contributed by atoms with Gasteiger partial charge in [-0.15, -0.1) is 0 Å². The molecule has 10 nitrogen and oxygen atoms in total. The van der Waals surface area contributed by atoms with Gasteiger partial charge in [-0.2, -0.15) is 0 Å². The van der Waals surface area contributed by atoms with Crippen molar-refractivity contribution in [2.75, 3.05) is 11.9 Å². The highest BCUT2D eigenvalue weighted by Crippen LogP contribution is 2.56. The molecule has 14 heteroatoms. The van der Waals surface area contributed by atoms with Crippen LogP contribution in [0.2, 0.25) is 0 Å². The van der Waals surface area contributed by atoms with E-state index in [2.05, 4.69) is 30.2 Å². The van der Waals surface area contributed by atoms with Crippen molar-refractivity contribution in [3.8, 4) is 5.88 Å². The third-order valence-corrected chi connectivity index (χ3v) is 7.42. The minimum absolute atomic E-state index is 0.134. The van der Waals surface area contributed by atoms with Crippen LogP contribution < -0.4 is 15.8 Å². The van der Waals surface area contributed by atoms with E-state index in [0.29, 0.717) is 28.5 Å². The normalized spacial score (nSPS) is 22.7. The van der Waals surface area contributed by atoms with Gasteiger partial charge in [-0.3, -0.25) is 0 Å². The van der Waals surface area contributed by atoms with Crippen molar-refractivity contribution in [2.24, 2.45) is 10.7 Å². The number of nitrogens with zero attached hydrogens (tertiary/aromatic N) is 5. The Morgan fingerprint density at radius 2 is 2.00 bits per heavy atom. The first-order chi connectivity index (χ1) is 18.1. The van der Waals surface area contributed by atoms with E-state index in [1.165, 1.54) is 44.1 Å². The van der Waals surface area contributed by atoms with Gasteiger partial charge in [0.05, 0.1) is 18.3 Å². The van der Waals surface area contributed by atoms with Crippen molar-refractivity contribution in [1.82, 2.24) is 19.9 Å². The summed E-state index contributed by atoms with van der Waals surface area (Å²) in [5.74, 6) is -4.06. The SMILES string of the molecule is C[C@@]1(CO)SC(N)=N[C@](C)(c2cc(Nc3nccc4nc(OCc5cocn5)cnc34)ccc2F)C1(F)F. The lowest BCUT2D eigenvalue weighted by Gasteiger charge is -2.47. The molecule has 4 N–H and O–H groups in total. The van der Waals surface area contributed by atoms with Crippen molar-refractivity contribution in [3.05, 3.63) is 66.4 Å². The van der Waals surface area contributed by atoms with Gasteiger partial charge in [-0.1, -0.05) is 11.8 Å². The molecule has 5 rings (SSSR count). The molecule has 4 heterocycles. The topological polar surface area (TPSA) is 145 Å². The molecule has 4 aromatic rings. The number of oxazole rings is 1. The van der Waals surface area contributed by atoms with Crippen LogP contribution in [0.1, 0.15) is 25.1 Å². The molecule has 0 amide bonds. The lowest BCUT2D eigenvalue weighted by Crippen LogP contribution is -2.61. The number of aliphatic hydroxyl groups is 1. The Morgan fingerprint density at radius 1 is 1.18 bits per heavy atom. The third-order valence-electron chi connectivity index (χ3n) is 6.28. The number of aliphatic imine (C=N–C) groups is 1. The highest BCUT2D eigenvalue weighted by Gasteiger charge is 2.66. The van der Waals surface area contributed by atoms with E-state index < -0.39 is 34.2 Å². The van der Waals surface area contributed by atoms with Crippen molar-refractivity contribution < 1.29 is 27.4 Å². The number of benzene rings is 1. The number of anilines is 2. The summed E-state index contributed by atoms with van der Waals surface area (Å²) in [5, 5.41) is 12.6. The minimum atomic E-state index is -3.66. The van der Waals surface area contributed by atoms with Crippen molar-refractivity contribution in [1.29, 1.82) is 0 Å². The summed E-state index contributed by atoms with van der Waals surface area (Å²) >= 11 is 0.556. The fourth-order valence-corrected chi connectivity index (χ4v) is 5.22. The van der Waals surface area contributed by atoms with Gasteiger partial charge in [0.25, 0.3) is 5.92 Å². The molecule has 0 bridgehead atoms. The fourth-order valence-electron chi connectivity index (χ4n) is 4.14. The Morgan fingerprint density at radius 3 is 2.74 bits per heavy atom. The maximum Gasteiger partial charge on any atom is 0.293 e. The predicted molar refractivity (Wildman–Crippen MR) is 135 cm³/mol. The Labute approximate surface area is 218 Å². The lowest BCUT2D eigenvalue weighted by molar-refractivity contribution is -0.111. The Bertz CT molecular complexity index is 1520. The number of fused-ring (bicyclic) bond motifs is 1. The van der Waals surface area contributed by atoms with Crippen LogP contribution in [0.4, 0.5) is 24.7 Å². The average Bonchev–Trinajstić information content (AvgIpc) is 3.41. The molecule has 1 aliphatic rings. The average molecular weight is 546 g/mol. The molecule has 0 unspecified atom stereocenters. The molecule has 0 saturated carbocycles. The predicted octanol–water partition coefficient (Wildman–Crippen LogP) is 4.14. The molecule has 0 fully saturated rings. The monoisotopic (exact) mass is 545 g/mol.